The Morgan fingerprint density at radius 3 is 2.93 bits per heavy atom. The molecule has 0 bridgehead atoms. The minimum absolute atomic E-state index is 0.154. The molecule has 0 fully saturated rings. The van der Waals surface area contributed by atoms with Gasteiger partial charge in [0.1, 0.15) is 0 Å². The maximum absolute atomic E-state index is 5.64. The second kappa shape index (κ2) is 5.96. The summed E-state index contributed by atoms with van der Waals surface area (Å²) in [6.07, 6.45) is 5.56. The maximum Gasteiger partial charge on any atom is 0.0475 e. The van der Waals surface area contributed by atoms with Crippen LogP contribution in [0.2, 0.25) is 0 Å². The fraction of sp³-hybridized carbons (Fsp3) is 0.500. The predicted molar refractivity (Wildman–Crippen MR) is 59.0 cm³/mol. The lowest BCUT2D eigenvalue weighted by Gasteiger charge is -2.15. The third-order valence-electron chi connectivity index (χ3n) is 2.13. The molecule has 3 nitrogen and oxygen atoms in total. The lowest BCUT2D eigenvalue weighted by atomic mass is 10.0. The number of nitrogens with two attached hydrogens (primary N) is 1. The highest BCUT2D eigenvalue weighted by molar-refractivity contribution is 6.17. The molecule has 0 saturated heterocycles. The van der Waals surface area contributed by atoms with Crippen molar-refractivity contribution < 1.29 is 0 Å². The van der Waals surface area contributed by atoms with Crippen LogP contribution in [0.4, 0.5) is 0 Å². The monoisotopic (exact) mass is 213 g/mol. The van der Waals surface area contributed by atoms with Crippen molar-refractivity contribution in [1.82, 2.24) is 10.4 Å². The average Bonchev–Trinajstić information content (AvgIpc) is 2.19. The first-order chi connectivity index (χ1) is 6.77. The summed E-state index contributed by atoms with van der Waals surface area (Å²) in [6.45, 7) is 2.02. The van der Waals surface area contributed by atoms with E-state index in [1.165, 1.54) is 0 Å². The van der Waals surface area contributed by atoms with Crippen LogP contribution < -0.4 is 11.3 Å². The van der Waals surface area contributed by atoms with Gasteiger partial charge in [0, 0.05) is 24.3 Å². The second-order valence-electron chi connectivity index (χ2n) is 3.35. The molecule has 78 valence electrons. The third-order valence-corrected chi connectivity index (χ3v) is 2.39. The standard InChI is InChI=1S/C10H16ClN3/c1-8-5-9(7-13-6-8)10(14-12)3-2-4-11/h5-7,10,14H,2-4,12H2,1H3. The van der Waals surface area contributed by atoms with Gasteiger partial charge in [-0.05, 0) is 30.9 Å². The van der Waals surface area contributed by atoms with Crippen LogP contribution in [-0.2, 0) is 0 Å². The van der Waals surface area contributed by atoms with E-state index < -0.39 is 0 Å². The predicted octanol–water partition coefficient (Wildman–Crippen LogP) is 1.91. The van der Waals surface area contributed by atoms with E-state index in [0.717, 1.165) is 24.0 Å². The Labute approximate surface area is 89.6 Å². The van der Waals surface area contributed by atoms with E-state index in [1.54, 1.807) is 0 Å². The van der Waals surface area contributed by atoms with E-state index >= 15 is 0 Å². The summed E-state index contributed by atoms with van der Waals surface area (Å²) in [4.78, 5) is 4.13. The molecule has 0 aliphatic rings. The molecular formula is C10H16ClN3. The summed E-state index contributed by atoms with van der Waals surface area (Å²) < 4.78 is 0. The Morgan fingerprint density at radius 1 is 1.57 bits per heavy atom. The summed E-state index contributed by atoms with van der Waals surface area (Å²) in [5.74, 6) is 6.14. The Hall–Kier alpha value is -0.640. The van der Waals surface area contributed by atoms with Crippen molar-refractivity contribution in [2.45, 2.75) is 25.8 Å². The molecule has 1 unspecified atom stereocenters. The molecule has 0 spiro atoms. The Morgan fingerprint density at radius 2 is 2.36 bits per heavy atom. The van der Waals surface area contributed by atoms with Crippen molar-refractivity contribution in [2.24, 2.45) is 5.84 Å². The van der Waals surface area contributed by atoms with Crippen LogP contribution in [0.5, 0.6) is 0 Å². The van der Waals surface area contributed by atoms with E-state index in [1.807, 2.05) is 19.3 Å². The lowest BCUT2D eigenvalue weighted by Crippen LogP contribution is -2.28. The van der Waals surface area contributed by atoms with E-state index in [9.17, 15) is 0 Å². The average molecular weight is 214 g/mol. The van der Waals surface area contributed by atoms with Gasteiger partial charge in [0.05, 0.1) is 0 Å². The first-order valence-corrected chi connectivity index (χ1v) is 5.25. The van der Waals surface area contributed by atoms with Gasteiger partial charge >= 0.3 is 0 Å². The number of alkyl halides is 1. The number of hydrazine groups is 1. The molecular weight excluding hydrogens is 198 g/mol. The van der Waals surface area contributed by atoms with Gasteiger partial charge in [-0.2, -0.15) is 0 Å². The zero-order chi connectivity index (χ0) is 10.4. The van der Waals surface area contributed by atoms with Crippen molar-refractivity contribution in [1.29, 1.82) is 0 Å². The number of nitrogens with one attached hydrogen (secondary N) is 1. The van der Waals surface area contributed by atoms with Crippen LogP contribution >= 0.6 is 11.6 Å². The molecule has 0 aromatic carbocycles. The molecule has 0 aliphatic carbocycles. The van der Waals surface area contributed by atoms with Crippen molar-refractivity contribution in [2.75, 3.05) is 5.88 Å². The van der Waals surface area contributed by atoms with Gasteiger partial charge < -0.3 is 0 Å². The van der Waals surface area contributed by atoms with Crippen LogP contribution in [0.3, 0.4) is 0 Å². The summed E-state index contributed by atoms with van der Waals surface area (Å²) in [6, 6.07) is 2.24. The molecule has 14 heavy (non-hydrogen) atoms. The van der Waals surface area contributed by atoms with Gasteiger partial charge in [0.15, 0.2) is 0 Å². The molecule has 1 atom stereocenters. The summed E-state index contributed by atoms with van der Waals surface area (Å²) in [5.41, 5.74) is 5.05. The largest absolute Gasteiger partial charge is 0.271 e. The number of rotatable bonds is 5. The highest BCUT2D eigenvalue weighted by Gasteiger charge is 2.08. The fourth-order valence-corrected chi connectivity index (χ4v) is 1.55. The number of nitrogens with zero attached hydrogens (tertiary/aromatic N) is 1. The Balaban J connectivity index is 2.68. The number of aryl methyl sites for hydroxylation is 1. The van der Waals surface area contributed by atoms with Crippen molar-refractivity contribution in [3.8, 4) is 0 Å². The molecule has 0 aliphatic heterocycles. The molecule has 0 saturated carbocycles. The second-order valence-corrected chi connectivity index (χ2v) is 3.72. The third kappa shape index (κ3) is 3.25. The zero-order valence-corrected chi connectivity index (χ0v) is 9.09. The van der Waals surface area contributed by atoms with Gasteiger partial charge in [0.25, 0.3) is 0 Å². The minimum atomic E-state index is 0.154. The van der Waals surface area contributed by atoms with Crippen molar-refractivity contribution in [3.05, 3.63) is 29.6 Å². The molecule has 1 aromatic rings. The van der Waals surface area contributed by atoms with Crippen LogP contribution in [0.15, 0.2) is 18.5 Å². The number of halogens is 1. The van der Waals surface area contributed by atoms with Crippen LogP contribution in [0.25, 0.3) is 0 Å². The number of aromatic nitrogens is 1. The molecule has 1 rings (SSSR count). The zero-order valence-electron chi connectivity index (χ0n) is 8.33. The minimum Gasteiger partial charge on any atom is -0.271 e. The Bertz CT molecular complexity index is 278. The van der Waals surface area contributed by atoms with Gasteiger partial charge in [0.2, 0.25) is 0 Å². The fourth-order valence-electron chi connectivity index (χ4n) is 1.40. The molecule has 3 N–H and O–H groups in total. The number of pyridine rings is 1. The normalized spacial score (nSPS) is 12.8. The van der Waals surface area contributed by atoms with Crippen LogP contribution in [0, 0.1) is 6.92 Å². The molecule has 1 aromatic heterocycles. The summed E-state index contributed by atoms with van der Waals surface area (Å²) >= 11 is 5.64. The molecule has 0 amide bonds. The van der Waals surface area contributed by atoms with Crippen molar-refractivity contribution >= 4 is 11.6 Å². The Kier molecular flexibility index (Phi) is 4.87. The van der Waals surface area contributed by atoms with Crippen molar-refractivity contribution in [3.63, 3.8) is 0 Å². The van der Waals surface area contributed by atoms with Gasteiger partial charge in [-0.25, -0.2) is 0 Å². The SMILES string of the molecule is Cc1cncc(C(CCCCl)NN)c1. The number of hydrogen-bond acceptors (Lipinski definition) is 3. The van der Waals surface area contributed by atoms with E-state index in [0.29, 0.717) is 5.88 Å². The van der Waals surface area contributed by atoms with E-state index in [2.05, 4.69) is 16.5 Å². The molecule has 4 heteroatoms. The van der Waals surface area contributed by atoms with E-state index in [4.69, 9.17) is 17.4 Å². The first kappa shape index (κ1) is 11.4. The smallest absolute Gasteiger partial charge is 0.0475 e. The molecule has 1 heterocycles. The van der Waals surface area contributed by atoms with Gasteiger partial charge in [-0.15, -0.1) is 11.6 Å². The highest BCUT2D eigenvalue weighted by Crippen LogP contribution is 2.17. The lowest BCUT2D eigenvalue weighted by molar-refractivity contribution is 0.509. The van der Waals surface area contributed by atoms with Gasteiger partial charge in [-0.1, -0.05) is 6.07 Å². The van der Waals surface area contributed by atoms with Crippen LogP contribution in [-0.4, -0.2) is 10.9 Å². The quantitative estimate of drug-likeness (QED) is 0.446. The highest BCUT2D eigenvalue weighted by atomic mass is 35.5. The maximum atomic E-state index is 5.64. The van der Waals surface area contributed by atoms with Crippen LogP contribution in [0.1, 0.15) is 30.0 Å². The van der Waals surface area contributed by atoms with E-state index in [-0.39, 0.29) is 6.04 Å². The van der Waals surface area contributed by atoms with Gasteiger partial charge in [-0.3, -0.25) is 16.3 Å². The molecule has 0 radical (unpaired) electrons. The topological polar surface area (TPSA) is 50.9 Å². The number of hydrogen-bond donors (Lipinski definition) is 2. The summed E-state index contributed by atoms with van der Waals surface area (Å²) in [5, 5.41) is 0. The first-order valence-electron chi connectivity index (χ1n) is 4.71. The summed E-state index contributed by atoms with van der Waals surface area (Å²) in [7, 11) is 0.